The van der Waals surface area contributed by atoms with Crippen molar-refractivity contribution < 1.29 is 14.1 Å². The Morgan fingerprint density at radius 1 is 1.17 bits per heavy atom. The maximum atomic E-state index is 12.2. The van der Waals surface area contributed by atoms with Crippen LogP contribution in [0.25, 0.3) is 11.1 Å². The van der Waals surface area contributed by atoms with E-state index in [0.29, 0.717) is 6.61 Å². The first-order valence-corrected chi connectivity index (χ1v) is 10.5. The fourth-order valence-electron chi connectivity index (χ4n) is 3.17. The molecule has 0 radical (unpaired) electrons. The molecule has 0 unspecified atom stereocenters. The molecule has 0 saturated carbocycles. The summed E-state index contributed by atoms with van der Waals surface area (Å²) in [7, 11) is 0. The van der Waals surface area contributed by atoms with Gasteiger partial charge in [-0.3, -0.25) is 9.52 Å². The van der Waals surface area contributed by atoms with E-state index >= 15 is 0 Å². The van der Waals surface area contributed by atoms with Crippen molar-refractivity contribution in [3.8, 4) is 11.1 Å². The average Bonchev–Trinajstić information content (AvgIpc) is 3.05. The molecule has 3 aromatic rings. The summed E-state index contributed by atoms with van der Waals surface area (Å²) in [6.45, 7) is 8.09. The van der Waals surface area contributed by atoms with Crippen molar-refractivity contribution in [2.45, 2.75) is 45.1 Å². The van der Waals surface area contributed by atoms with Gasteiger partial charge in [0.25, 0.3) is 0 Å². The molecule has 0 amide bonds. The lowest BCUT2D eigenvalue weighted by atomic mass is 9.97. The number of aryl methyl sites for hydroxylation is 3. The summed E-state index contributed by atoms with van der Waals surface area (Å²) in [5.41, 5.74) is 5.09. The molecule has 29 heavy (non-hydrogen) atoms. The minimum absolute atomic E-state index is 0.194. The van der Waals surface area contributed by atoms with Gasteiger partial charge in [-0.25, -0.2) is 0 Å². The second kappa shape index (κ2) is 9.76. The molecule has 0 fully saturated rings. The molecule has 3 rings (SSSR count). The molecule has 0 aliphatic heterocycles. The number of rotatable bonds is 8. The van der Waals surface area contributed by atoms with Gasteiger partial charge in [0.05, 0.1) is 24.8 Å². The van der Waals surface area contributed by atoms with Crippen LogP contribution in [-0.4, -0.2) is 17.7 Å². The normalized spacial score (nSPS) is 12.0. The molecule has 0 spiro atoms. The molecule has 2 aromatic carbocycles. The van der Waals surface area contributed by atoms with E-state index in [1.165, 1.54) is 17.5 Å². The number of benzene rings is 2. The van der Waals surface area contributed by atoms with Crippen LogP contribution in [0.2, 0.25) is 0 Å². The van der Waals surface area contributed by atoms with Crippen molar-refractivity contribution >= 4 is 17.9 Å². The Kier molecular flexibility index (Phi) is 7.12. The van der Waals surface area contributed by atoms with E-state index in [2.05, 4.69) is 47.1 Å². The fraction of sp³-hybridized carbons (Fsp3) is 0.304. The molecule has 0 aliphatic carbocycles. The van der Waals surface area contributed by atoms with E-state index in [1.54, 1.807) is 0 Å². The molecular weight excluding hydrogens is 384 g/mol. The largest absolute Gasteiger partial charge is 0.466 e. The standard InChI is InChI=1S/C23H26N2O3S/c1-5-27-22(26)14-21(25-29-20-11-9-15(2)10-12-20)18-7-6-8-19(13-18)23-16(3)24-28-17(23)4/h6-13,21,25H,5,14H2,1-4H3/t21-/m0/s1. The van der Waals surface area contributed by atoms with Crippen molar-refractivity contribution in [3.63, 3.8) is 0 Å². The van der Waals surface area contributed by atoms with Gasteiger partial charge in [-0.1, -0.05) is 41.1 Å². The SMILES string of the molecule is CCOC(=O)C[C@H](NSc1ccc(C)cc1)c1cccc(-c2c(C)noc2C)c1. The Morgan fingerprint density at radius 3 is 2.59 bits per heavy atom. The number of hydrogen-bond acceptors (Lipinski definition) is 6. The summed E-state index contributed by atoms with van der Waals surface area (Å²) in [6.07, 6.45) is 0.248. The lowest BCUT2D eigenvalue weighted by Gasteiger charge is -2.19. The van der Waals surface area contributed by atoms with Crippen molar-refractivity contribution in [2.24, 2.45) is 0 Å². The van der Waals surface area contributed by atoms with Crippen LogP contribution in [0.3, 0.4) is 0 Å². The Bertz CT molecular complexity index is 947. The summed E-state index contributed by atoms with van der Waals surface area (Å²) in [4.78, 5) is 13.3. The third-order valence-electron chi connectivity index (χ3n) is 4.63. The zero-order chi connectivity index (χ0) is 20.8. The number of aromatic nitrogens is 1. The van der Waals surface area contributed by atoms with E-state index in [-0.39, 0.29) is 18.4 Å². The van der Waals surface area contributed by atoms with Crippen LogP contribution in [0.5, 0.6) is 0 Å². The highest BCUT2D eigenvalue weighted by Crippen LogP contribution is 2.31. The molecule has 1 heterocycles. The molecular formula is C23H26N2O3S. The molecule has 152 valence electrons. The summed E-state index contributed by atoms with van der Waals surface area (Å²) >= 11 is 1.51. The Labute approximate surface area is 176 Å². The number of hydrogen-bond donors (Lipinski definition) is 1. The van der Waals surface area contributed by atoms with E-state index in [1.807, 2.05) is 39.0 Å². The van der Waals surface area contributed by atoms with Gasteiger partial charge in [0.1, 0.15) is 5.76 Å². The minimum Gasteiger partial charge on any atom is -0.466 e. The number of carbonyl (C=O) groups is 1. The molecule has 1 atom stereocenters. The van der Waals surface area contributed by atoms with E-state index in [9.17, 15) is 4.79 Å². The summed E-state index contributed by atoms with van der Waals surface area (Å²) in [5, 5.41) is 4.05. The average molecular weight is 411 g/mol. The quantitative estimate of drug-likeness (QED) is 0.387. The van der Waals surface area contributed by atoms with Crippen molar-refractivity contribution in [3.05, 3.63) is 71.1 Å². The highest BCUT2D eigenvalue weighted by Gasteiger charge is 2.19. The molecule has 6 heteroatoms. The van der Waals surface area contributed by atoms with Gasteiger partial charge in [-0.2, -0.15) is 0 Å². The topological polar surface area (TPSA) is 64.4 Å². The summed E-state index contributed by atoms with van der Waals surface area (Å²) < 4.78 is 13.9. The maximum Gasteiger partial charge on any atom is 0.307 e. The monoisotopic (exact) mass is 410 g/mol. The van der Waals surface area contributed by atoms with Gasteiger partial charge in [-0.05, 0) is 69.0 Å². The van der Waals surface area contributed by atoms with Crippen molar-refractivity contribution in [1.82, 2.24) is 9.88 Å². The molecule has 0 aliphatic rings. The number of ether oxygens (including phenoxy) is 1. The fourth-order valence-corrected chi connectivity index (χ4v) is 3.94. The van der Waals surface area contributed by atoms with Gasteiger partial charge in [0.15, 0.2) is 0 Å². The van der Waals surface area contributed by atoms with Crippen molar-refractivity contribution in [1.29, 1.82) is 0 Å². The number of esters is 1. The Morgan fingerprint density at radius 2 is 1.93 bits per heavy atom. The Hall–Kier alpha value is -2.57. The third-order valence-corrected chi connectivity index (χ3v) is 5.54. The first-order valence-electron chi connectivity index (χ1n) is 9.65. The van der Waals surface area contributed by atoms with Crippen LogP contribution in [0.15, 0.2) is 57.9 Å². The first-order chi connectivity index (χ1) is 14.0. The smallest absolute Gasteiger partial charge is 0.307 e. The summed E-state index contributed by atoms with van der Waals surface area (Å²) in [5.74, 6) is 0.556. The van der Waals surface area contributed by atoms with Crippen LogP contribution >= 0.6 is 11.9 Å². The Balaban J connectivity index is 1.85. The van der Waals surface area contributed by atoms with Crippen molar-refractivity contribution in [2.75, 3.05) is 6.61 Å². The van der Waals surface area contributed by atoms with Gasteiger partial charge in [0, 0.05) is 10.5 Å². The second-order valence-electron chi connectivity index (χ2n) is 6.92. The lowest BCUT2D eigenvalue weighted by molar-refractivity contribution is -0.143. The molecule has 0 bridgehead atoms. The maximum absolute atomic E-state index is 12.2. The van der Waals surface area contributed by atoms with Crippen LogP contribution in [0.1, 0.15) is 42.0 Å². The lowest BCUT2D eigenvalue weighted by Crippen LogP contribution is -2.19. The highest BCUT2D eigenvalue weighted by atomic mass is 32.2. The third kappa shape index (κ3) is 5.49. The number of nitrogens with one attached hydrogen (secondary N) is 1. The van der Waals surface area contributed by atoms with E-state index in [0.717, 1.165) is 33.0 Å². The van der Waals surface area contributed by atoms with Gasteiger partial charge in [-0.15, -0.1) is 0 Å². The predicted octanol–water partition coefficient (Wildman–Crippen LogP) is 5.56. The van der Waals surface area contributed by atoms with E-state index in [4.69, 9.17) is 9.26 Å². The van der Waals surface area contributed by atoms with E-state index < -0.39 is 0 Å². The second-order valence-corrected chi connectivity index (χ2v) is 7.83. The van der Waals surface area contributed by atoms with Crippen LogP contribution in [0, 0.1) is 20.8 Å². The first kappa shape index (κ1) is 21.1. The number of carbonyl (C=O) groups excluding carboxylic acids is 1. The van der Waals surface area contributed by atoms with Gasteiger partial charge in [0.2, 0.25) is 0 Å². The molecule has 5 nitrogen and oxygen atoms in total. The highest BCUT2D eigenvalue weighted by molar-refractivity contribution is 7.97. The van der Waals surface area contributed by atoms with Gasteiger partial charge < -0.3 is 9.26 Å². The molecule has 1 aromatic heterocycles. The zero-order valence-electron chi connectivity index (χ0n) is 17.2. The van der Waals surface area contributed by atoms with Crippen LogP contribution in [0.4, 0.5) is 0 Å². The van der Waals surface area contributed by atoms with Gasteiger partial charge >= 0.3 is 5.97 Å². The molecule has 0 saturated heterocycles. The molecule has 1 N–H and O–H groups in total. The van der Waals surface area contributed by atoms with Crippen LogP contribution in [-0.2, 0) is 9.53 Å². The predicted molar refractivity (Wildman–Crippen MR) is 116 cm³/mol. The number of nitrogens with zero attached hydrogens (tertiary/aromatic N) is 1. The van der Waals surface area contributed by atoms with Crippen LogP contribution < -0.4 is 4.72 Å². The zero-order valence-corrected chi connectivity index (χ0v) is 18.0. The minimum atomic E-state index is -0.225. The summed E-state index contributed by atoms with van der Waals surface area (Å²) in [6, 6.07) is 16.2.